The van der Waals surface area contributed by atoms with Gasteiger partial charge in [-0.2, -0.15) is 4.31 Å². The summed E-state index contributed by atoms with van der Waals surface area (Å²) in [7, 11) is -3.31. The van der Waals surface area contributed by atoms with Crippen LogP contribution in [-0.2, 0) is 10.0 Å². The lowest BCUT2D eigenvalue weighted by molar-refractivity contribution is 0.228. The summed E-state index contributed by atoms with van der Waals surface area (Å²) in [5.41, 5.74) is 0. The number of hydrogen-bond acceptors (Lipinski definition) is 4. The highest BCUT2D eigenvalue weighted by Gasteiger charge is 2.38. The van der Waals surface area contributed by atoms with Gasteiger partial charge >= 0.3 is 0 Å². The largest absolute Gasteiger partial charge is 0.316 e. The van der Waals surface area contributed by atoms with E-state index in [1.54, 1.807) is 15.8 Å². The van der Waals surface area contributed by atoms with Gasteiger partial charge in [-0.1, -0.05) is 0 Å². The Hall–Kier alpha value is 0.340. The first-order chi connectivity index (χ1) is 8.59. The van der Waals surface area contributed by atoms with Crippen molar-refractivity contribution in [3.8, 4) is 0 Å². The summed E-state index contributed by atoms with van der Waals surface area (Å²) >= 11 is 4.60. The molecule has 2 atom stereocenters. The molecule has 0 aromatic carbocycles. The molecule has 2 aliphatic heterocycles. The van der Waals surface area contributed by atoms with E-state index in [1.807, 2.05) is 0 Å². The maximum absolute atomic E-state index is 12.5. The van der Waals surface area contributed by atoms with Crippen LogP contribution in [0.4, 0.5) is 0 Å². The molecular formula is C11H16BrClN2O2S2. The summed E-state index contributed by atoms with van der Waals surface area (Å²) in [4.78, 5) is 0. The maximum Gasteiger partial charge on any atom is 0.253 e. The van der Waals surface area contributed by atoms with Crippen molar-refractivity contribution < 1.29 is 8.42 Å². The number of piperidine rings is 1. The molecule has 3 heterocycles. The third kappa shape index (κ3) is 2.87. The Kier molecular flexibility index (Phi) is 4.96. The fourth-order valence-corrected chi connectivity index (χ4v) is 6.76. The van der Waals surface area contributed by atoms with Crippen LogP contribution in [0.1, 0.15) is 6.42 Å². The molecule has 108 valence electrons. The normalized spacial score (nSPS) is 27.8. The van der Waals surface area contributed by atoms with Gasteiger partial charge in [0.15, 0.2) is 0 Å². The summed E-state index contributed by atoms with van der Waals surface area (Å²) < 4.78 is 27.9. The van der Waals surface area contributed by atoms with Crippen LogP contribution < -0.4 is 5.32 Å². The van der Waals surface area contributed by atoms with Gasteiger partial charge in [0.05, 0.1) is 0 Å². The number of nitrogens with one attached hydrogen (secondary N) is 1. The number of hydrogen-bond donors (Lipinski definition) is 1. The molecule has 0 amide bonds. The fourth-order valence-electron chi connectivity index (χ4n) is 2.80. The van der Waals surface area contributed by atoms with Crippen LogP contribution >= 0.6 is 39.7 Å². The fraction of sp³-hybridized carbons (Fsp3) is 0.636. The average molecular weight is 388 g/mol. The lowest BCUT2D eigenvalue weighted by Crippen LogP contribution is -2.43. The standard InChI is InChI=1S/C11H15BrN2O2S2.ClH/c12-10-2-4-17-11(10)18(15,16)14-3-1-8-5-13-6-9(8)7-14;/h2,4,8-9,13H,1,3,5-7H2;1H. The van der Waals surface area contributed by atoms with Crippen molar-refractivity contribution in [3.63, 3.8) is 0 Å². The van der Waals surface area contributed by atoms with E-state index in [0.29, 0.717) is 33.6 Å². The van der Waals surface area contributed by atoms with Crippen molar-refractivity contribution in [1.29, 1.82) is 0 Å². The van der Waals surface area contributed by atoms with Gasteiger partial charge in [-0.3, -0.25) is 0 Å². The van der Waals surface area contributed by atoms with E-state index in [0.717, 1.165) is 19.5 Å². The Labute approximate surface area is 132 Å². The van der Waals surface area contributed by atoms with Gasteiger partial charge in [-0.05, 0) is 58.7 Å². The minimum atomic E-state index is -3.31. The molecule has 0 spiro atoms. The van der Waals surface area contributed by atoms with Gasteiger partial charge in [-0.15, -0.1) is 23.7 Å². The van der Waals surface area contributed by atoms with Gasteiger partial charge in [0.25, 0.3) is 10.0 Å². The van der Waals surface area contributed by atoms with E-state index in [2.05, 4.69) is 21.2 Å². The Balaban J connectivity index is 0.00000133. The lowest BCUT2D eigenvalue weighted by atomic mass is 9.90. The predicted molar refractivity (Wildman–Crippen MR) is 82.5 cm³/mol. The number of halogens is 2. The van der Waals surface area contributed by atoms with Crippen molar-refractivity contribution in [2.45, 2.75) is 10.6 Å². The Bertz CT molecular complexity index is 549. The van der Waals surface area contributed by atoms with Crippen LogP contribution in [0, 0.1) is 11.8 Å². The predicted octanol–water partition coefficient (Wildman–Crippen LogP) is 2.16. The average Bonchev–Trinajstić information content (AvgIpc) is 2.95. The molecule has 0 saturated carbocycles. The molecule has 4 nitrogen and oxygen atoms in total. The van der Waals surface area contributed by atoms with E-state index in [4.69, 9.17) is 0 Å². The van der Waals surface area contributed by atoms with E-state index < -0.39 is 10.0 Å². The SMILES string of the molecule is Cl.O=S(=O)(c1sccc1Br)N1CCC2CNCC2C1. The zero-order valence-corrected chi connectivity index (χ0v) is 14.2. The number of thiophene rings is 1. The summed E-state index contributed by atoms with van der Waals surface area (Å²) in [5.74, 6) is 1.13. The molecule has 2 saturated heterocycles. The number of fused-ring (bicyclic) bond motifs is 1. The van der Waals surface area contributed by atoms with Crippen molar-refractivity contribution in [1.82, 2.24) is 9.62 Å². The second-order valence-corrected chi connectivity index (χ2v) is 8.79. The zero-order chi connectivity index (χ0) is 12.8. The molecule has 0 bridgehead atoms. The van der Waals surface area contributed by atoms with Crippen LogP contribution in [0.25, 0.3) is 0 Å². The first-order valence-corrected chi connectivity index (χ1v) is 9.14. The maximum atomic E-state index is 12.5. The Morgan fingerprint density at radius 3 is 2.79 bits per heavy atom. The van der Waals surface area contributed by atoms with E-state index in [9.17, 15) is 8.42 Å². The number of sulfonamides is 1. The Morgan fingerprint density at radius 1 is 1.37 bits per heavy atom. The molecule has 1 aromatic heterocycles. The second-order valence-electron chi connectivity index (χ2n) is 4.89. The first kappa shape index (κ1) is 15.7. The van der Waals surface area contributed by atoms with Crippen LogP contribution in [0.2, 0.25) is 0 Å². The second kappa shape index (κ2) is 5.99. The van der Waals surface area contributed by atoms with Crippen molar-refractivity contribution in [3.05, 3.63) is 15.9 Å². The zero-order valence-electron chi connectivity index (χ0n) is 10.2. The monoisotopic (exact) mass is 386 g/mol. The summed E-state index contributed by atoms with van der Waals surface area (Å²) in [6.45, 7) is 3.30. The van der Waals surface area contributed by atoms with Crippen LogP contribution in [0.5, 0.6) is 0 Å². The molecule has 2 unspecified atom stereocenters. The lowest BCUT2D eigenvalue weighted by Gasteiger charge is -2.33. The van der Waals surface area contributed by atoms with E-state index in [1.165, 1.54) is 11.3 Å². The molecule has 19 heavy (non-hydrogen) atoms. The van der Waals surface area contributed by atoms with Gasteiger partial charge in [0.1, 0.15) is 4.21 Å². The number of nitrogens with zero attached hydrogens (tertiary/aromatic N) is 1. The third-order valence-corrected chi connectivity index (χ3v) is 8.34. The molecule has 0 radical (unpaired) electrons. The summed E-state index contributed by atoms with van der Waals surface area (Å²) in [6, 6.07) is 1.79. The highest BCUT2D eigenvalue weighted by molar-refractivity contribution is 9.10. The van der Waals surface area contributed by atoms with Gasteiger partial charge < -0.3 is 5.32 Å². The first-order valence-electron chi connectivity index (χ1n) is 6.03. The molecule has 2 aliphatic rings. The summed E-state index contributed by atoms with van der Waals surface area (Å²) in [5, 5.41) is 5.16. The van der Waals surface area contributed by atoms with Crippen molar-refractivity contribution in [2.75, 3.05) is 26.2 Å². The Morgan fingerprint density at radius 2 is 2.11 bits per heavy atom. The van der Waals surface area contributed by atoms with Crippen LogP contribution in [-0.4, -0.2) is 38.9 Å². The number of rotatable bonds is 2. The van der Waals surface area contributed by atoms with Crippen molar-refractivity contribution in [2.24, 2.45) is 11.8 Å². The molecule has 3 rings (SSSR count). The molecule has 0 aliphatic carbocycles. The van der Waals surface area contributed by atoms with E-state index in [-0.39, 0.29) is 12.4 Å². The van der Waals surface area contributed by atoms with Crippen LogP contribution in [0.15, 0.2) is 20.1 Å². The van der Waals surface area contributed by atoms with Gasteiger partial charge in [0.2, 0.25) is 0 Å². The molecular weight excluding hydrogens is 372 g/mol. The topological polar surface area (TPSA) is 49.4 Å². The summed E-state index contributed by atoms with van der Waals surface area (Å²) in [6.07, 6.45) is 0.972. The van der Waals surface area contributed by atoms with Gasteiger partial charge in [0, 0.05) is 17.6 Å². The highest BCUT2D eigenvalue weighted by Crippen LogP contribution is 2.34. The molecule has 8 heteroatoms. The smallest absolute Gasteiger partial charge is 0.253 e. The van der Waals surface area contributed by atoms with E-state index >= 15 is 0 Å². The highest BCUT2D eigenvalue weighted by atomic mass is 79.9. The van der Waals surface area contributed by atoms with Crippen LogP contribution in [0.3, 0.4) is 0 Å². The van der Waals surface area contributed by atoms with Gasteiger partial charge in [-0.25, -0.2) is 8.42 Å². The third-order valence-electron chi connectivity index (χ3n) is 3.83. The van der Waals surface area contributed by atoms with Crippen molar-refractivity contribution >= 4 is 49.7 Å². The molecule has 2 fully saturated rings. The molecule has 1 N–H and O–H groups in total. The minimum Gasteiger partial charge on any atom is -0.316 e. The quantitative estimate of drug-likeness (QED) is 0.846. The minimum absolute atomic E-state index is 0. The molecule has 1 aromatic rings.